The van der Waals surface area contributed by atoms with Gasteiger partial charge in [-0.2, -0.15) is 0 Å². The molecule has 2 aliphatic heterocycles. The Bertz CT molecular complexity index is 422. The Morgan fingerprint density at radius 2 is 2.28 bits per heavy atom. The van der Waals surface area contributed by atoms with E-state index < -0.39 is 0 Å². The fourth-order valence-electron chi connectivity index (χ4n) is 2.61. The van der Waals surface area contributed by atoms with Crippen molar-refractivity contribution in [3.05, 3.63) is 29.8 Å². The minimum Gasteiger partial charge on any atom is -0.488 e. The van der Waals surface area contributed by atoms with Crippen molar-refractivity contribution < 1.29 is 9.53 Å². The summed E-state index contributed by atoms with van der Waals surface area (Å²) in [6.45, 7) is 1.54. The molecule has 0 radical (unpaired) electrons. The van der Waals surface area contributed by atoms with Gasteiger partial charge in [-0.15, -0.1) is 0 Å². The molecular weight excluding hydrogens is 228 g/mol. The van der Waals surface area contributed by atoms with Crippen LogP contribution >= 0.6 is 0 Å². The van der Waals surface area contributed by atoms with Gasteiger partial charge in [-0.25, -0.2) is 0 Å². The Hall–Kier alpha value is -1.55. The first-order valence-electron chi connectivity index (χ1n) is 6.58. The molecule has 1 aromatic rings. The van der Waals surface area contributed by atoms with Crippen LogP contribution in [0.15, 0.2) is 24.3 Å². The van der Waals surface area contributed by atoms with Gasteiger partial charge in [-0.05, 0) is 24.5 Å². The number of carbonyl (C=O) groups is 1. The van der Waals surface area contributed by atoms with Gasteiger partial charge in [0.05, 0.1) is 6.04 Å². The van der Waals surface area contributed by atoms with Gasteiger partial charge in [-0.3, -0.25) is 4.79 Å². The molecule has 0 aromatic heterocycles. The normalized spacial score (nSPS) is 26.3. The van der Waals surface area contributed by atoms with Crippen molar-refractivity contribution in [2.45, 2.75) is 31.4 Å². The smallest absolute Gasteiger partial charge is 0.237 e. The van der Waals surface area contributed by atoms with E-state index in [0.717, 1.165) is 38.1 Å². The third-order valence-corrected chi connectivity index (χ3v) is 3.59. The molecule has 0 aliphatic carbocycles. The topological polar surface area (TPSA) is 50.4 Å². The zero-order valence-corrected chi connectivity index (χ0v) is 10.3. The van der Waals surface area contributed by atoms with Crippen LogP contribution in [0.5, 0.6) is 5.75 Å². The lowest BCUT2D eigenvalue weighted by atomic mass is 10.1. The van der Waals surface area contributed by atoms with Gasteiger partial charge >= 0.3 is 0 Å². The van der Waals surface area contributed by atoms with Crippen molar-refractivity contribution in [3.63, 3.8) is 0 Å². The van der Waals surface area contributed by atoms with Gasteiger partial charge in [0.2, 0.25) is 5.91 Å². The Labute approximate surface area is 107 Å². The molecule has 0 saturated carbocycles. The first-order valence-corrected chi connectivity index (χ1v) is 6.58. The molecule has 2 unspecified atom stereocenters. The molecule has 4 heteroatoms. The molecule has 0 bridgehead atoms. The molecule has 1 aromatic carbocycles. The summed E-state index contributed by atoms with van der Waals surface area (Å²) in [6.07, 6.45) is 3.05. The summed E-state index contributed by atoms with van der Waals surface area (Å²) in [5, 5.41) is 6.19. The largest absolute Gasteiger partial charge is 0.488 e. The van der Waals surface area contributed by atoms with Crippen molar-refractivity contribution >= 4 is 5.91 Å². The molecule has 2 N–H and O–H groups in total. The van der Waals surface area contributed by atoms with E-state index in [4.69, 9.17) is 4.74 Å². The highest BCUT2D eigenvalue weighted by Crippen LogP contribution is 2.27. The number of para-hydroxylation sites is 1. The van der Waals surface area contributed by atoms with Crippen LogP contribution in [0.4, 0.5) is 0 Å². The standard InChI is InChI=1S/C14H18N2O2/c17-14-12(5-3-7-15-14)16-9-11-8-10-4-1-2-6-13(10)18-11/h1-2,4,6,11-12,16H,3,5,7-9H2,(H,15,17). The highest BCUT2D eigenvalue weighted by Gasteiger charge is 2.26. The second kappa shape index (κ2) is 4.98. The number of rotatable bonds is 3. The van der Waals surface area contributed by atoms with E-state index in [1.165, 1.54) is 5.56 Å². The van der Waals surface area contributed by atoms with Gasteiger partial charge in [0.1, 0.15) is 11.9 Å². The number of hydrogen-bond acceptors (Lipinski definition) is 3. The monoisotopic (exact) mass is 246 g/mol. The molecule has 2 aliphatic rings. The Balaban J connectivity index is 1.52. The third-order valence-electron chi connectivity index (χ3n) is 3.59. The van der Waals surface area contributed by atoms with Crippen molar-refractivity contribution in [1.82, 2.24) is 10.6 Å². The van der Waals surface area contributed by atoms with Gasteiger partial charge in [0.15, 0.2) is 0 Å². The number of hydrogen-bond donors (Lipinski definition) is 2. The molecule has 96 valence electrons. The molecule has 0 spiro atoms. The Morgan fingerprint density at radius 1 is 1.39 bits per heavy atom. The van der Waals surface area contributed by atoms with Crippen LogP contribution in [0.1, 0.15) is 18.4 Å². The summed E-state index contributed by atoms with van der Waals surface area (Å²) in [4.78, 5) is 11.6. The maximum absolute atomic E-state index is 11.6. The summed E-state index contributed by atoms with van der Waals surface area (Å²) in [6, 6.07) is 8.08. The van der Waals surface area contributed by atoms with Gasteiger partial charge in [0, 0.05) is 19.5 Å². The maximum Gasteiger partial charge on any atom is 0.237 e. The zero-order valence-electron chi connectivity index (χ0n) is 10.3. The van der Waals surface area contributed by atoms with Crippen LogP contribution < -0.4 is 15.4 Å². The molecular formula is C14H18N2O2. The number of nitrogens with one attached hydrogen (secondary N) is 2. The van der Waals surface area contributed by atoms with Gasteiger partial charge in [-0.1, -0.05) is 18.2 Å². The number of benzene rings is 1. The highest BCUT2D eigenvalue weighted by atomic mass is 16.5. The van der Waals surface area contributed by atoms with E-state index in [2.05, 4.69) is 16.7 Å². The summed E-state index contributed by atoms with van der Waals surface area (Å²) < 4.78 is 5.84. The Morgan fingerprint density at radius 3 is 3.11 bits per heavy atom. The fraction of sp³-hybridized carbons (Fsp3) is 0.500. The molecule has 1 saturated heterocycles. The maximum atomic E-state index is 11.6. The van der Waals surface area contributed by atoms with Crippen LogP contribution in [0, 0.1) is 0 Å². The lowest BCUT2D eigenvalue weighted by molar-refractivity contribution is -0.124. The molecule has 2 atom stereocenters. The van der Waals surface area contributed by atoms with E-state index >= 15 is 0 Å². The fourth-order valence-corrected chi connectivity index (χ4v) is 2.61. The van der Waals surface area contributed by atoms with Gasteiger partial charge in [0.25, 0.3) is 0 Å². The van der Waals surface area contributed by atoms with Crippen LogP contribution in [0.2, 0.25) is 0 Å². The Kier molecular flexibility index (Phi) is 3.19. The number of piperidine rings is 1. The van der Waals surface area contributed by atoms with Crippen LogP contribution in [0.3, 0.4) is 0 Å². The molecule has 1 amide bonds. The van der Waals surface area contributed by atoms with E-state index in [9.17, 15) is 4.79 Å². The minimum atomic E-state index is -0.0499. The zero-order chi connectivity index (χ0) is 12.4. The van der Waals surface area contributed by atoms with Gasteiger partial charge < -0.3 is 15.4 Å². The van der Waals surface area contributed by atoms with Crippen LogP contribution in [0.25, 0.3) is 0 Å². The average molecular weight is 246 g/mol. The molecule has 18 heavy (non-hydrogen) atoms. The lowest BCUT2D eigenvalue weighted by Gasteiger charge is -2.24. The lowest BCUT2D eigenvalue weighted by Crippen LogP contribution is -2.50. The van der Waals surface area contributed by atoms with Crippen molar-refractivity contribution in [1.29, 1.82) is 0 Å². The number of carbonyl (C=O) groups excluding carboxylic acids is 1. The molecule has 1 fully saturated rings. The number of fused-ring (bicyclic) bond motifs is 1. The van der Waals surface area contributed by atoms with E-state index in [1.54, 1.807) is 0 Å². The second-order valence-corrected chi connectivity index (χ2v) is 4.95. The molecule has 2 heterocycles. The highest BCUT2D eigenvalue weighted by molar-refractivity contribution is 5.82. The number of ether oxygens (including phenoxy) is 1. The summed E-state index contributed by atoms with van der Waals surface area (Å²) >= 11 is 0. The van der Waals surface area contributed by atoms with E-state index in [1.807, 2.05) is 18.2 Å². The molecule has 4 nitrogen and oxygen atoms in total. The van der Waals surface area contributed by atoms with Crippen LogP contribution in [-0.2, 0) is 11.2 Å². The SMILES string of the molecule is O=C1NCCCC1NCC1Cc2ccccc2O1. The predicted molar refractivity (Wildman–Crippen MR) is 68.6 cm³/mol. The molecule has 3 rings (SSSR count). The number of amides is 1. The predicted octanol–water partition coefficient (Wildman–Crippen LogP) is 0.858. The first-order chi connectivity index (χ1) is 8.83. The van der Waals surface area contributed by atoms with E-state index in [-0.39, 0.29) is 18.1 Å². The third kappa shape index (κ3) is 2.34. The minimum absolute atomic E-state index is 0.0499. The summed E-state index contributed by atoms with van der Waals surface area (Å²) in [7, 11) is 0. The van der Waals surface area contributed by atoms with Crippen molar-refractivity contribution in [2.24, 2.45) is 0 Å². The van der Waals surface area contributed by atoms with Crippen molar-refractivity contribution in [3.8, 4) is 5.75 Å². The second-order valence-electron chi connectivity index (χ2n) is 4.95. The van der Waals surface area contributed by atoms with Crippen LogP contribution in [-0.4, -0.2) is 31.1 Å². The summed E-state index contributed by atoms with van der Waals surface area (Å²) in [5.74, 6) is 1.11. The quantitative estimate of drug-likeness (QED) is 0.831. The average Bonchev–Trinajstić information content (AvgIpc) is 2.80. The van der Waals surface area contributed by atoms with E-state index in [0.29, 0.717) is 0 Å². The summed E-state index contributed by atoms with van der Waals surface area (Å²) in [5.41, 5.74) is 1.26. The van der Waals surface area contributed by atoms with Crippen molar-refractivity contribution in [2.75, 3.05) is 13.1 Å². The first kappa shape index (κ1) is 11.5.